The van der Waals surface area contributed by atoms with E-state index in [1.807, 2.05) is 43.3 Å². The quantitative estimate of drug-likeness (QED) is 0.00242. The summed E-state index contributed by atoms with van der Waals surface area (Å²) in [5, 5.41) is 74.2. The van der Waals surface area contributed by atoms with Crippen molar-refractivity contribution in [3.63, 3.8) is 0 Å². The molecule has 10 aromatic rings. The van der Waals surface area contributed by atoms with Crippen molar-refractivity contribution in [2.75, 3.05) is 117 Å². The third-order valence-electron chi connectivity index (χ3n) is 18.3. The number of para-hydroxylation sites is 2. The first-order chi connectivity index (χ1) is 64.9. The third-order valence-corrected chi connectivity index (χ3v) is 22.1. The number of halogens is 3. The Morgan fingerprint density at radius 1 is 0.471 bits per heavy atom. The first-order valence-corrected chi connectivity index (χ1v) is 47.3. The van der Waals surface area contributed by atoms with Gasteiger partial charge in [0.25, 0.3) is 11.4 Å². The van der Waals surface area contributed by atoms with Crippen molar-refractivity contribution in [1.29, 1.82) is 0 Å². The van der Waals surface area contributed by atoms with Crippen LogP contribution in [0.2, 0.25) is 15.3 Å². The summed E-state index contributed by atoms with van der Waals surface area (Å²) in [7, 11) is 3.43. The molecule has 2 heterocycles. The lowest BCUT2D eigenvalue weighted by Gasteiger charge is -2.16. The zero-order chi connectivity index (χ0) is 102. The number of ether oxygens (including phenoxy) is 10. The number of rotatable bonds is 37. The number of benzene rings is 8. The van der Waals surface area contributed by atoms with E-state index in [-0.39, 0.29) is 138 Å². The normalized spacial score (nSPS) is 10.6. The van der Waals surface area contributed by atoms with Gasteiger partial charge in [0, 0.05) is 83.0 Å². The lowest BCUT2D eigenvalue weighted by molar-refractivity contribution is -0.385. The second-order valence-corrected chi connectivity index (χ2v) is 36.2. The minimum Gasteiger partial charge on any atom is -0.495 e. The minimum absolute atomic E-state index is 0. The maximum Gasteiger partial charge on any atom is 0.330 e. The maximum absolute atomic E-state index is 12.7. The Balaban J connectivity index is 0.000000431. The molecular weight excluding hydrogens is 1910 g/mol. The van der Waals surface area contributed by atoms with Gasteiger partial charge in [-0.15, -0.1) is 0 Å². The number of hydrogen-bond donors (Lipinski definition) is 6. The van der Waals surface area contributed by atoms with Crippen LogP contribution in [0.4, 0.5) is 74.5 Å². The molecule has 0 radical (unpaired) electrons. The average Bonchev–Trinajstić information content (AvgIpc) is 0.839. The molecule has 138 heavy (non-hydrogen) atoms. The highest BCUT2D eigenvalue weighted by molar-refractivity contribution is 7.70. The van der Waals surface area contributed by atoms with Crippen LogP contribution in [0.5, 0.6) is 34.5 Å². The van der Waals surface area contributed by atoms with Crippen molar-refractivity contribution in [2.24, 2.45) is 0 Å². The Morgan fingerprint density at radius 2 is 0.884 bits per heavy atom. The van der Waals surface area contributed by atoms with Gasteiger partial charge in [0.05, 0.1) is 141 Å². The highest BCUT2D eigenvalue weighted by atomic mass is 35.5. The fraction of sp³-hybridized carbons (Fsp3) is 0.308. The largest absolute Gasteiger partial charge is 0.495 e. The van der Waals surface area contributed by atoms with Gasteiger partial charge in [-0.25, -0.2) is 14.8 Å². The third kappa shape index (κ3) is 38.9. The number of nitrogens with zero attached hydrogens (tertiary/aromatic N) is 9. The molecule has 0 aliphatic rings. The van der Waals surface area contributed by atoms with Crippen LogP contribution in [-0.2, 0) is 73.1 Å². The number of carbonyl (C=O) groups is 5. The van der Waals surface area contributed by atoms with E-state index in [0.717, 1.165) is 10.9 Å². The molecule has 0 saturated carbocycles. The molecule has 742 valence electrons. The van der Waals surface area contributed by atoms with Gasteiger partial charge in [-0.05, 0) is 199 Å². The topological polar surface area (TPSA) is 587 Å². The molecule has 10 rings (SSSR count). The molecule has 1 unspecified atom stereocenters. The number of aliphatic hydroxyl groups excluding tert-OH is 1. The molecule has 0 saturated heterocycles. The van der Waals surface area contributed by atoms with Crippen LogP contribution in [0.15, 0.2) is 164 Å². The minimum atomic E-state index is -2.60. The van der Waals surface area contributed by atoms with E-state index in [4.69, 9.17) is 98.7 Å². The molecule has 8 aromatic carbocycles. The average molecular weight is 2020 g/mol. The van der Waals surface area contributed by atoms with Gasteiger partial charge in [-0.1, -0.05) is 67.9 Å². The molecule has 0 fully saturated rings. The lowest BCUT2D eigenvalue weighted by atomic mass is 10.1. The summed E-state index contributed by atoms with van der Waals surface area (Å²) in [5.41, 5.74) is 16.2. The number of aliphatic hydroxyl groups is 1. The number of esters is 4. The molecule has 2 aromatic heterocycles. The van der Waals surface area contributed by atoms with Gasteiger partial charge in [-0.3, -0.25) is 69.7 Å². The second kappa shape index (κ2) is 59.2. The van der Waals surface area contributed by atoms with Crippen LogP contribution < -0.4 is 66.4 Å². The molecule has 0 bridgehead atoms. The molecular formula is C91H109Cl3N14O28P2. The summed E-state index contributed by atoms with van der Waals surface area (Å²) in [6, 6.07) is 38.0. The lowest BCUT2D eigenvalue weighted by Crippen LogP contribution is -2.14. The Morgan fingerprint density at radius 3 is 1.35 bits per heavy atom. The number of hydrogen-bond acceptors (Lipinski definition) is 37. The van der Waals surface area contributed by atoms with Crippen LogP contribution in [-0.4, -0.2) is 175 Å². The maximum atomic E-state index is 12.7. The van der Waals surface area contributed by atoms with Crippen LogP contribution in [0.1, 0.15) is 106 Å². The number of nitro groups is 5. The first-order valence-electron chi connectivity index (χ1n) is 41.0. The fourth-order valence-electron chi connectivity index (χ4n) is 11.5. The summed E-state index contributed by atoms with van der Waals surface area (Å²) < 4.78 is 74.6. The molecule has 8 N–H and O–H groups in total. The predicted molar refractivity (Wildman–Crippen MR) is 528 cm³/mol. The zero-order valence-corrected chi connectivity index (χ0v) is 81.3. The van der Waals surface area contributed by atoms with Gasteiger partial charge >= 0.3 is 40.9 Å². The number of nitrogens with one attached hydrogen (secondary N) is 3. The van der Waals surface area contributed by atoms with E-state index in [2.05, 4.69) is 35.9 Å². The van der Waals surface area contributed by atoms with Crippen LogP contribution in [0, 0.1) is 50.6 Å². The monoisotopic (exact) mass is 2010 g/mol. The summed E-state index contributed by atoms with van der Waals surface area (Å²) in [4.78, 5) is 124. The van der Waals surface area contributed by atoms with Gasteiger partial charge in [0.2, 0.25) is 11.2 Å². The molecule has 47 heteroatoms. The first kappa shape index (κ1) is 117. The molecule has 0 aliphatic carbocycles. The standard InChI is InChI=1S/C26H31ClN5O6P.C12H12Cl2N3OP.C12H16N2O5.C12H13NO5.C12H17NO3.C8H9NO4.C8H7NO4.CH4/c1-6-16(2)38-24(33)12-11-17-13-22(37-3)20(14-21(17)32(34)35)30-26-28-15-18(27)25(31-26)29-19-9-7-8-10-23(19)39(4,5)36;1-19(2,18)10-6-4-3-5-9(10)16-11-8(13)7-15-12(14)17-11;1-3-19-12(15)5-4-8-6-11(18-2)9(13)7-10(8)14(16)17;1-3-18-12(14)7-5-9-4-6-10(13(15)16)11(8-9)17-2;1-3-16-12(14)7-5-9-4-6-10(13)11(8-9)15-2;2*1-13-8-4-6(5-10)2-3-7(8)9(11)12;/h7-10,13-16H,6,11-12H2,1-5H3,(H2,28,29,30,31);3-7H,1-2H3,(H,15,16,17);6-7H,3-5,13H2,1-2H3;4-8H,3H2,1-2H3;4,6,8H,3,5,7,13H2,1-2H3;2-4,10H,5H2,1H3;2-5H,1H3;1H4/b;;;7-5+;;;;. The number of nitro benzene ring substituents is 5. The number of aldehydes is 1. The van der Waals surface area contributed by atoms with E-state index >= 15 is 0 Å². The van der Waals surface area contributed by atoms with Crippen LogP contribution in [0.25, 0.3) is 6.08 Å². The van der Waals surface area contributed by atoms with Gasteiger partial charge in [0.1, 0.15) is 47.9 Å². The molecule has 42 nitrogen and oxygen atoms in total. The number of aromatic nitrogens is 4. The summed E-state index contributed by atoms with van der Waals surface area (Å²) >= 11 is 18.1. The van der Waals surface area contributed by atoms with E-state index < -0.39 is 56.8 Å². The van der Waals surface area contributed by atoms with E-state index in [0.29, 0.717) is 117 Å². The molecule has 0 amide bonds. The van der Waals surface area contributed by atoms with E-state index in [9.17, 15) is 83.7 Å². The van der Waals surface area contributed by atoms with E-state index in [1.54, 1.807) is 91.8 Å². The second-order valence-electron chi connectivity index (χ2n) is 28.7. The number of aryl methyl sites for hydroxylation is 3. The summed E-state index contributed by atoms with van der Waals surface area (Å²) in [6.07, 6.45) is 7.97. The van der Waals surface area contributed by atoms with Gasteiger partial charge < -0.3 is 89.0 Å². The van der Waals surface area contributed by atoms with Crippen molar-refractivity contribution >= 4 is 170 Å². The number of nitrogens with two attached hydrogens (primary N) is 2. The summed E-state index contributed by atoms with van der Waals surface area (Å²) in [5.74, 6) is 0.944. The number of nitrogen functional groups attached to an aromatic ring is 2. The number of anilines is 8. The molecule has 0 spiro atoms. The smallest absolute Gasteiger partial charge is 0.330 e. The Bertz CT molecular complexity index is 5990. The van der Waals surface area contributed by atoms with Crippen molar-refractivity contribution in [3.8, 4) is 34.5 Å². The van der Waals surface area contributed by atoms with Gasteiger partial charge in [0.15, 0.2) is 28.9 Å². The Kier molecular flexibility index (Phi) is 50.4. The Hall–Kier alpha value is -14.7. The van der Waals surface area contributed by atoms with Crippen LogP contribution >= 0.6 is 49.1 Å². The highest BCUT2D eigenvalue weighted by Crippen LogP contribution is 2.42. The van der Waals surface area contributed by atoms with Gasteiger partial charge in [-0.2, -0.15) is 9.97 Å². The Labute approximate surface area is 810 Å². The SMILES string of the molecule is C.CCC(C)OC(=O)CCc1cc(OC)c(Nc2ncc(Cl)c(Nc3ccccc3P(C)(C)=O)n2)cc1[N+](=O)[O-].CCOC(=O)/C=C/c1ccc([N+](=O)[O-])c(OC)c1.CCOC(=O)CCc1cc(OC)c(N)cc1[N+](=O)[O-].CCOC(=O)CCc1ccc(N)c(OC)c1.COc1cc(C=O)ccc1[N+](=O)[O-].COc1cc(CO)ccc1[N+](=O)[O-].CP(C)(=O)c1ccccc1Nc1nc(Cl)ncc1Cl. The van der Waals surface area contributed by atoms with Crippen molar-refractivity contribution in [2.45, 2.75) is 99.7 Å². The fourth-order valence-corrected chi connectivity index (χ4v) is 14.2. The number of carbonyl (C=O) groups excluding carboxylic acids is 5. The van der Waals surface area contributed by atoms with Crippen LogP contribution in [0.3, 0.4) is 0 Å². The number of methoxy groups -OCH3 is 6. The van der Waals surface area contributed by atoms with Crippen molar-refractivity contribution in [1.82, 2.24) is 19.9 Å². The summed E-state index contributed by atoms with van der Waals surface area (Å²) in [6.45, 7) is 16.5. The molecule has 1 atom stereocenters. The van der Waals surface area contributed by atoms with Crippen molar-refractivity contribution < 1.29 is 110 Å². The predicted octanol–water partition coefficient (Wildman–Crippen LogP) is 18.6. The van der Waals surface area contributed by atoms with Crippen molar-refractivity contribution in [3.05, 3.63) is 263 Å². The van der Waals surface area contributed by atoms with E-state index in [1.165, 1.54) is 139 Å². The molecule has 0 aliphatic heterocycles. The zero-order valence-electron chi connectivity index (χ0n) is 77.3. The highest BCUT2D eigenvalue weighted by Gasteiger charge is 2.26.